The first-order valence-electron chi connectivity index (χ1n) is 8.95. The molecule has 1 fully saturated rings. The molecule has 0 saturated carbocycles. The Morgan fingerprint density at radius 1 is 1.24 bits per heavy atom. The number of rotatable bonds is 6. The lowest BCUT2D eigenvalue weighted by atomic mass is 10.2. The third kappa shape index (κ3) is 4.54. The van der Waals surface area contributed by atoms with Gasteiger partial charge >= 0.3 is 0 Å². The fraction of sp³-hybridized carbons (Fsp3) is 0.316. The number of aliphatic hydroxyl groups is 1. The van der Waals surface area contributed by atoms with Gasteiger partial charge in [0.15, 0.2) is 11.6 Å². The van der Waals surface area contributed by atoms with Crippen LogP contribution < -0.4 is 15.0 Å². The summed E-state index contributed by atoms with van der Waals surface area (Å²) in [5, 5.41) is 23.1. The minimum absolute atomic E-state index is 0.0926. The van der Waals surface area contributed by atoms with Gasteiger partial charge in [0.05, 0.1) is 18.1 Å². The summed E-state index contributed by atoms with van der Waals surface area (Å²) < 4.78 is 18.7. The number of methoxy groups -OCH3 is 1. The highest BCUT2D eigenvalue weighted by atomic mass is 19.1. The van der Waals surface area contributed by atoms with Crippen molar-refractivity contribution in [3.05, 3.63) is 52.3 Å². The topological polar surface area (TPSA) is 108 Å². The molecule has 154 valence electrons. The summed E-state index contributed by atoms with van der Waals surface area (Å²) in [7, 11) is 1.29. The quantitative estimate of drug-likeness (QED) is 0.561. The van der Waals surface area contributed by atoms with E-state index in [1.807, 2.05) is 12.1 Å². The van der Waals surface area contributed by atoms with E-state index in [2.05, 4.69) is 10.2 Å². The molecule has 1 aliphatic heterocycles. The number of hydrogen-bond acceptors (Lipinski definition) is 7. The number of halogens is 1. The van der Waals surface area contributed by atoms with Crippen LogP contribution >= 0.6 is 0 Å². The average Bonchev–Trinajstić information content (AvgIpc) is 2.74. The summed E-state index contributed by atoms with van der Waals surface area (Å²) in [5.41, 5.74) is 1.27. The lowest BCUT2D eigenvalue weighted by molar-refractivity contribution is -0.384. The summed E-state index contributed by atoms with van der Waals surface area (Å²) in [5.74, 6) is -1.18. The van der Waals surface area contributed by atoms with Gasteiger partial charge in [-0.3, -0.25) is 14.9 Å². The summed E-state index contributed by atoms with van der Waals surface area (Å²) in [6.07, 6.45) is 0. The molecule has 0 bridgehead atoms. The molecule has 0 aliphatic carbocycles. The molecule has 0 radical (unpaired) electrons. The molecular formula is C19H21FN4O5. The van der Waals surface area contributed by atoms with Gasteiger partial charge in [0, 0.05) is 43.6 Å². The van der Waals surface area contributed by atoms with Gasteiger partial charge in [0.2, 0.25) is 5.91 Å². The van der Waals surface area contributed by atoms with Gasteiger partial charge in [-0.05, 0) is 24.3 Å². The normalized spacial score (nSPS) is 13.9. The van der Waals surface area contributed by atoms with Crippen LogP contribution in [0.1, 0.15) is 0 Å². The lowest BCUT2D eigenvalue weighted by Gasteiger charge is -2.35. The number of nitro groups is 1. The van der Waals surface area contributed by atoms with E-state index in [0.29, 0.717) is 31.9 Å². The summed E-state index contributed by atoms with van der Waals surface area (Å²) in [4.78, 5) is 25.8. The van der Waals surface area contributed by atoms with Crippen molar-refractivity contribution in [1.29, 1.82) is 0 Å². The number of ether oxygens (including phenoxy) is 1. The van der Waals surface area contributed by atoms with E-state index < -0.39 is 23.0 Å². The van der Waals surface area contributed by atoms with Crippen LogP contribution in [0, 0.1) is 15.9 Å². The highest BCUT2D eigenvalue weighted by Crippen LogP contribution is 2.34. The molecule has 2 aromatic rings. The van der Waals surface area contributed by atoms with E-state index in [9.17, 15) is 19.3 Å². The Morgan fingerprint density at radius 3 is 2.45 bits per heavy atom. The second-order valence-corrected chi connectivity index (χ2v) is 6.46. The van der Waals surface area contributed by atoms with E-state index in [4.69, 9.17) is 9.84 Å². The molecule has 0 spiro atoms. The summed E-state index contributed by atoms with van der Waals surface area (Å²) >= 11 is 0. The number of nitro benzene ring substituents is 1. The van der Waals surface area contributed by atoms with E-state index in [1.165, 1.54) is 13.2 Å². The third-order valence-electron chi connectivity index (χ3n) is 4.75. The first-order chi connectivity index (χ1) is 13.9. The smallest absolute Gasteiger partial charge is 0.295 e. The molecule has 9 nitrogen and oxygen atoms in total. The molecule has 0 aromatic heterocycles. The Hall–Kier alpha value is -3.40. The van der Waals surface area contributed by atoms with Crippen molar-refractivity contribution in [2.45, 2.75) is 0 Å². The van der Waals surface area contributed by atoms with Crippen LogP contribution in [-0.4, -0.2) is 60.7 Å². The SMILES string of the molecule is COc1cc(Nc2ccc(N3CCN(C(=O)CO)CC3)cc2)c([N+](=O)[O-])cc1F. The maximum atomic E-state index is 13.8. The highest BCUT2D eigenvalue weighted by molar-refractivity contribution is 5.77. The Bertz CT molecular complexity index is 898. The molecule has 29 heavy (non-hydrogen) atoms. The van der Waals surface area contributed by atoms with Crippen LogP contribution in [0.5, 0.6) is 5.75 Å². The van der Waals surface area contributed by atoms with Crippen LogP contribution in [0.4, 0.5) is 27.1 Å². The monoisotopic (exact) mass is 404 g/mol. The van der Waals surface area contributed by atoms with Crippen molar-refractivity contribution < 1.29 is 24.0 Å². The fourth-order valence-electron chi connectivity index (χ4n) is 3.18. The number of piperazine rings is 1. The van der Waals surface area contributed by atoms with Gasteiger partial charge in [0.25, 0.3) is 5.69 Å². The number of amides is 1. The molecule has 1 aliphatic rings. The molecule has 10 heteroatoms. The third-order valence-corrected chi connectivity index (χ3v) is 4.75. The van der Waals surface area contributed by atoms with E-state index in [-0.39, 0.29) is 17.3 Å². The lowest BCUT2D eigenvalue weighted by Crippen LogP contribution is -2.49. The first kappa shape index (κ1) is 20.3. The zero-order chi connectivity index (χ0) is 21.0. The van der Waals surface area contributed by atoms with Gasteiger partial charge < -0.3 is 25.0 Å². The Balaban J connectivity index is 1.72. The van der Waals surface area contributed by atoms with Crippen LogP contribution in [0.2, 0.25) is 0 Å². The van der Waals surface area contributed by atoms with Gasteiger partial charge in [-0.15, -0.1) is 0 Å². The largest absolute Gasteiger partial charge is 0.494 e. The molecule has 3 rings (SSSR count). The summed E-state index contributed by atoms with van der Waals surface area (Å²) in [6.45, 7) is 1.85. The minimum atomic E-state index is -0.807. The Morgan fingerprint density at radius 2 is 1.90 bits per heavy atom. The molecule has 0 unspecified atom stereocenters. The average molecular weight is 404 g/mol. The van der Waals surface area contributed by atoms with Crippen molar-refractivity contribution >= 4 is 28.7 Å². The van der Waals surface area contributed by atoms with Crippen molar-refractivity contribution in [1.82, 2.24) is 4.90 Å². The van der Waals surface area contributed by atoms with E-state index >= 15 is 0 Å². The zero-order valence-electron chi connectivity index (χ0n) is 15.8. The first-order valence-corrected chi connectivity index (χ1v) is 8.95. The summed E-state index contributed by atoms with van der Waals surface area (Å²) in [6, 6.07) is 9.32. The highest BCUT2D eigenvalue weighted by Gasteiger charge is 2.21. The number of benzene rings is 2. The predicted molar refractivity (Wildman–Crippen MR) is 105 cm³/mol. The van der Waals surface area contributed by atoms with Crippen LogP contribution in [0.25, 0.3) is 0 Å². The van der Waals surface area contributed by atoms with Crippen molar-refractivity contribution in [3.63, 3.8) is 0 Å². The number of hydrogen-bond donors (Lipinski definition) is 2. The molecule has 1 saturated heterocycles. The standard InChI is InChI=1S/C19H21FN4O5/c1-29-18-11-16(17(24(27)28)10-15(18)20)21-13-2-4-14(5-3-13)22-6-8-23(9-7-22)19(26)12-25/h2-5,10-11,21,25H,6-9,12H2,1H3. The van der Waals surface area contributed by atoms with Crippen molar-refractivity contribution in [2.75, 3.05) is 50.1 Å². The molecular weight excluding hydrogens is 383 g/mol. The number of aliphatic hydroxyl groups excluding tert-OH is 1. The van der Waals surface area contributed by atoms with Gasteiger partial charge in [0.1, 0.15) is 12.3 Å². The van der Waals surface area contributed by atoms with Crippen molar-refractivity contribution in [2.24, 2.45) is 0 Å². The van der Waals surface area contributed by atoms with Crippen LogP contribution in [-0.2, 0) is 4.79 Å². The molecule has 1 amide bonds. The van der Waals surface area contributed by atoms with Crippen molar-refractivity contribution in [3.8, 4) is 5.75 Å². The molecule has 2 aromatic carbocycles. The molecule has 1 heterocycles. The van der Waals surface area contributed by atoms with Gasteiger partial charge in [-0.1, -0.05) is 0 Å². The van der Waals surface area contributed by atoms with Gasteiger partial charge in [-0.2, -0.15) is 0 Å². The number of anilines is 3. The fourth-order valence-corrected chi connectivity index (χ4v) is 3.18. The van der Waals surface area contributed by atoms with Crippen LogP contribution in [0.15, 0.2) is 36.4 Å². The van der Waals surface area contributed by atoms with E-state index in [0.717, 1.165) is 11.8 Å². The number of nitrogens with zero attached hydrogens (tertiary/aromatic N) is 3. The van der Waals surface area contributed by atoms with Crippen LogP contribution in [0.3, 0.4) is 0 Å². The maximum absolute atomic E-state index is 13.8. The predicted octanol–water partition coefficient (Wildman–Crippen LogP) is 2.13. The Labute approximate surface area is 166 Å². The minimum Gasteiger partial charge on any atom is -0.494 e. The molecule has 2 N–H and O–H groups in total. The molecule has 0 atom stereocenters. The zero-order valence-corrected chi connectivity index (χ0v) is 15.8. The Kier molecular flexibility index (Phi) is 6.13. The number of carbonyl (C=O) groups excluding carboxylic acids is 1. The number of carbonyl (C=O) groups is 1. The second-order valence-electron chi connectivity index (χ2n) is 6.46. The number of nitrogens with one attached hydrogen (secondary N) is 1. The maximum Gasteiger partial charge on any atom is 0.295 e. The van der Waals surface area contributed by atoms with Gasteiger partial charge in [-0.25, -0.2) is 4.39 Å². The second kappa shape index (κ2) is 8.74. The van der Waals surface area contributed by atoms with E-state index in [1.54, 1.807) is 17.0 Å².